The van der Waals surface area contributed by atoms with Crippen molar-refractivity contribution in [2.24, 2.45) is 5.73 Å². The van der Waals surface area contributed by atoms with Gasteiger partial charge in [0.25, 0.3) is 0 Å². The van der Waals surface area contributed by atoms with Crippen LogP contribution < -0.4 is 5.73 Å². The summed E-state index contributed by atoms with van der Waals surface area (Å²) in [5.74, 6) is -0.247. The van der Waals surface area contributed by atoms with Gasteiger partial charge >= 0.3 is 0 Å². The Kier molecular flexibility index (Phi) is 4.48. The zero-order valence-electron chi connectivity index (χ0n) is 9.77. The van der Waals surface area contributed by atoms with Crippen LogP contribution in [0.15, 0.2) is 24.3 Å². The third-order valence-electron chi connectivity index (χ3n) is 2.96. The summed E-state index contributed by atoms with van der Waals surface area (Å²) in [7, 11) is 0. The van der Waals surface area contributed by atoms with Crippen molar-refractivity contribution in [1.29, 1.82) is 0 Å². The van der Waals surface area contributed by atoms with Gasteiger partial charge in [-0.15, -0.1) is 0 Å². The predicted octanol–water partition coefficient (Wildman–Crippen LogP) is 2.02. The number of ether oxygens (including phenoxy) is 2. The lowest BCUT2D eigenvalue weighted by Gasteiger charge is -2.18. The molecule has 2 unspecified atom stereocenters. The van der Waals surface area contributed by atoms with Gasteiger partial charge in [-0.25, -0.2) is 4.39 Å². The summed E-state index contributed by atoms with van der Waals surface area (Å²) in [6.07, 6.45) is 2.14. The second-order valence-electron chi connectivity index (χ2n) is 4.24. The maximum Gasteiger partial charge on any atom is 0.123 e. The molecule has 94 valence electrons. The first-order valence-electron chi connectivity index (χ1n) is 5.98. The smallest absolute Gasteiger partial charge is 0.123 e. The molecule has 0 spiro atoms. The number of halogens is 1. The molecule has 0 amide bonds. The highest BCUT2D eigenvalue weighted by molar-refractivity contribution is 5.19. The molecule has 4 heteroatoms. The fourth-order valence-corrected chi connectivity index (χ4v) is 1.98. The van der Waals surface area contributed by atoms with Crippen LogP contribution in [0, 0.1) is 5.82 Å². The minimum absolute atomic E-state index is 0.181. The van der Waals surface area contributed by atoms with Gasteiger partial charge in [0.1, 0.15) is 5.82 Å². The summed E-state index contributed by atoms with van der Waals surface area (Å²) >= 11 is 0. The maximum atomic E-state index is 12.8. The average molecular weight is 239 g/mol. The van der Waals surface area contributed by atoms with Crippen molar-refractivity contribution in [3.63, 3.8) is 0 Å². The van der Waals surface area contributed by atoms with E-state index in [-0.39, 0.29) is 18.0 Å². The van der Waals surface area contributed by atoms with E-state index in [1.807, 2.05) is 0 Å². The second kappa shape index (κ2) is 6.10. The third-order valence-corrected chi connectivity index (χ3v) is 2.96. The van der Waals surface area contributed by atoms with Crippen LogP contribution >= 0.6 is 0 Å². The number of hydrogen-bond acceptors (Lipinski definition) is 3. The normalized spacial score (nSPS) is 21.6. The number of hydrogen-bond donors (Lipinski definition) is 1. The van der Waals surface area contributed by atoms with E-state index in [9.17, 15) is 4.39 Å². The molecule has 2 N–H and O–H groups in total. The standard InChI is InChI=1S/C13H18FNO2/c14-11-5-3-10(4-6-11)13(8-15)17-9-12-2-1-7-16-12/h3-6,12-13H,1-2,7-9,15H2. The Balaban J connectivity index is 1.89. The molecule has 1 aliphatic rings. The van der Waals surface area contributed by atoms with Crippen molar-refractivity contribution in [1.82, 2.24) is 0 Å². The first kappa shape index (κ1) is 12.5. The minimum Gasteiger partial charge on any atom is -0.376 e. The zero-order valence-corrected chi connectivity index (χ0v) is 9.77. The molecule has 3 nitrogen and oxygen atoms in total. The molecular weight excluding hydrogens is 221 g/mol. The molecule has 17 heavy (non-hydrogen) atoms. The summed E-state index contributed by atoms with van der Waals surface area (Å²) in [4.78, 5) is 0. The highest BCUT2D eigenvalue weighted by Gasteiger charge is 2.18. The summed E-state index contributed by atoms with van der Waals surface area (Å²) in [5.41, 5.74) is 6.58. The van der Waals surface area contributed by atoms with E-state index < -0.39 is 0 Å². The van der Waals surface area contributed by atoms with Gasteiger partial charge in [-0.2, -0.15) is 0 Å². The monoisotopic (exact) mass is 239 g/mol. The lowest BCUT2D eigenvalue weighted by molar-refractivity contribution is -0.0182. The van der Waals surface area contributed by atoms with Crippen molar-refractivity contribution in [2.75, 3.05) is 19.8 Å². The third kappa shape index (κ3) is 3.49. The van der Waals surface area contributed by atoms with Crippen LogP contribution in [0.1, 0.15) is 24.5 Å². The Morgan fingerprint density at radius 3 is 2.76 bits per heavy atom. The summed E-state index contributed by atoms with van der Waals surface area (Å²) in [5, 5.41) is 0. The van der Waals surface area contributed by atoms with Crippen molar-refractivity contribution in [3.8, 4) is 0 Å². The van der Waals surface area contributed by atoms with E-state index in [1.165, 1.54) is 12.1 Å². The zero-order chi connectivity index (χ0) is 12.1. The van der Waals surface area contributed by atoms with Gasteiger partial charge in [0, 0.05) is 13.2 Å². The Morgan fingerprint density at radius 2 is 2.18 bits per heavy atom. The Labute approximate surface area is 101 Å². The first-order chi connectivity index (χ1) is 8.29. The van der Waals surface area contributed by atoms with Gasteiger partial charge in [-0.1, -0.05) is 12.1 Å². The maximum absolute atomic E-state index is 12.8. The Morgan fingerprint density at radius 1 is 1.41 bits per heavy atom. The van der Waals surface area contributed by atoms with Crippen LogP contribution in [0.25, 0.3) is 0 Å². The number of rotatable bonds is 5. The molecule has 1 aromatic carbocycles. The van der Waals surface area contributed by atoms with Gasteiger partial charge in [0.2, 0.25) is 0 Å². The molecule has 0 saturated carbocycles. The van der Waals surface area contributed by atoms with E-state index in [0.29, 0.717) is 13.2 Å². The topological polar surface area (TPSA) is 44.5 Å². The van der Waals surface area contributed by atoms with E-state index >= 15 is 0 Å². The van der Waals surface area contributed by atoms with E-state index in [1.54, 1.807) is 12.1 Å². The van der Waals surface area contributed by atoms with Crippen LogP contribution in [0.4, 0.5) is 4.39 Å². The molecule has 0 aliphatic carbocycles. The van der Waals surface area contributed by atoms with Crippen molar-refractivity contribution < 1.29 is 13.9 Å². The largest absolute Gasteiger partial charge is 0.376 e. The van der Waals surface area contributed by atoms with Crippen LogP contribution in [0.3, 0.4) is 0 Å². The highest BCUT2D eigenvalue weighted by atomic mass is 19.1. The average Bonchev–Trinajstić information content (AvgIpc) is 2.85. The minimum atomic E-state index is -0.247. The first-order valence-corrected chi connectivity index (χ1v) is 5.98. The van der Waals surface area contributed by atoms with Crippen molar-refractivity contribution >= 4 is 0 Å². The van der Waals surface area contributed by atoms with Crippen molar-refractivity contribution in [2.45, 2.75) is 25.0 Å². The molecule has 1 aliphatic heterocycles. The van der Waals surface area contributed by atoms with Gasteiger partial charge in [0.05, 0.1) is 18.8 Å². The molecule has 1 aromatic rings. The lowest BCUT2D eigenvalue weighted by Crippen LogP contribution is -2.21. The van der Waals surface area contributed by atoms with Gasteiger partial charge < -0.3 is 15.2 Å². The van der Waals surface area contributed by atoms with Gasteiger partial charge in [-0.05, 0) is 30.5 Å². The molecule has 0 bridgehead atoms. The summed E-state index contributed by atoms with van der Waals surface area (Å²) in [6.45, 7) is 1.76. The predicted molar refractivity (Wildman–Crippen MR) is 63.1 cm³/mol. The number of nitrogens with two attached hydrogens (primary N) is 1. The molecule has 2 atom stereocenters. The van der Waals surface area contributed by atoms with Gasteiger partial charge in [0.15, 0.2) is 0 Å². The summed E-state index contributed by atoms with van der Waals surface area (Å²) < 4.78 is 24.0. The van der Waals surface area contributed by atoms with E-state index in [0.717, 1.165) is 25.0 Å². The van der Waals surface area contributed by atoms with E-state index in [2.05, 4.69) is 0 Å². The number of benzene rings is 1. The van der Waals surface area contributed by atoms with Crippen LogP contribution in [0.2, 0.25) is 0 Å². The second-order valence-corrected chi connectivity index (χ2v) is 4.24. The molecule has 0 aromatic heterocycles. The molecule has 0 radical (unpaired) electrons. The highest BCUT2D eigenvalue weighted by Crippen LogP contribution is 2.19. The van der Waals surface area contributed by atoms with Crippen molar-refractivity contribution in [3.05, 3.63) is 35.6 Å². The molecule has 1 saturated heterocycles. The van der Waals surface area contributed by atoms with Gasteiger partial charge in [-0.3, -0.25) is 0 Å². The van der Waals surface area contributed by atoms with Crippen LogP contribution in [0.5, 0.6) is 0 Å². The van der Waals surface area contributed by atoms with E-state index in [4.69, 9.17) is 15.2 Å². The Hall–Kier alpha value is -0.970. The summed E-state index contributed by atoms with van der Waals surface area (Å²) in [6, 6.07) is 6.27. The lowest BCUT2D eigenvalue weighted by atomic mass is 10.1. The molecule has 2 rings (SSSR count). The SMILES string of the molecule is NCC(OCC1CCCO1)c1ccc(F)cc1. The molecular formula is C13H18FNO2. The van der Waals surface area contributed by atoms with Crippen LogP contribution in [-0.4, -0.2) is 25.9 Å². The molecule has 1 fully saturated rings. The van der Waals surface area contributed by atoms with Crippen LogP contribution in [-0.2, 0) is 9.47 Å². The Bertz CT molecular complexity index is 336. The molecule has 1 heterocycles. The fraction of sp³-hybridized carbons (Fsp3) is 0.538. The quantitative estimate of drug-likeness (QED) is 0.855. The fourth-order valence-electron chi connectivity index (χ4n) is 1.98.